The van der Waals surface area contributed by atoms with E-state index in [0.717, 1.165) is 11.3 Å². The first-order valence-corrected chi connectivity index (χ1v) is 11.0. The van der Waals surface area contributed by atoms with Crippen molar-refractivity contribution in [3.8, 4) is 11.3 Å². The molecule has 0 unspecified atom stereocenters. The van der Waals surface area contributed by atoms with Crippen molar-refractivity contribution < 1.29 is 19.1 Å². The topological polar surface area (TPSA) is 85.9 Å². The number of carboxylic acids is 1. The molecule has 0 atom stereocenters. The van der Waals surface area contributed by atoms with Crippen LogP contribution in [0.4, 0.5) is 5.69 Å². The highest BCUT2D eigenvalue weighted by Gasteiger charge is 2.34. The Kier molecular flexibility index (Phi) is 6.28. The molecule has 1 aliphatic rings. The molecule has 7 heteroatoms. The second-order valence-corrected chi connectivity index (χ2v) is 8.73. The molecule has 0 spiro atoms. The number of rotatable bonds is 6. The Hall–Kier alpha value is -3.58. The third-order valence-corrected chi connectivity index (χ3v) is 5.73. The highest BCUT2D eigenvalue weighted by molar-refractivity contribution is 8.18. The molecule has 162 valence electrons. The Labute approximate surface area is 190 Å². The number of carbonyl (C=O) groups excluding carboxylic acids is 2. The van der Waals surface area contributed by atoms with Crippen LogP contribution in [-0.4, -0.2) is 28.5 Å². The van der Waals surface area contributed by atoms with Crippen LogP contribution in [0.5, 0.6) is 0 Å². The molecule has 2 heterocycles. The lowest BCUT2D eigenvalue weighted by molar-refractivity contribution is -0.255. The summed E-state index contributed by atoms with van der Waals surface area (Å²) in [4.78, 5) is 30.9. The minimum absolute atomic E-state index is 0.102. The first-order chi connectivity index (χ1) is 15.4. The van der Waals surface area contributed by atoms with Gasteiger partial charge in [-0.25, -0.2) is 4.99 Å². The zero-order valence-corrected chi connectivity index (χ0v) is 18.5. The summed E-state index contributed by atoms with van der Waals surface area (Å²) < 4.78 is 5.89. The number of hydrogen-bond donors (Lipinski definition) is 0. The molecule has 1 aliphatic heterocycles. The third-order valence-electron chi connectivity index (χ3n) is 4.72. The first kappa shape index (κ1) is 21.6. The van der Waals surface area contributed by atoms with Crippen molar-refractivity contribution in [3.63, 3.8) is 0 Å². The van der Waals surface area contributed by atoms with Crippen LogP contribution in [0.15, 0.2) is 81.0 Å². The monoisotopic (exact) mass is 445 g/mol. The number of carbonyl (C=O) groups is 2. The molecule has 1 amide bonds. The van der Waals surface area contributed by atoms with E-state index in [1.807, 2.05) is 30.3 Å². The van der Waals surface area contributed by atoms with Crippen LogP contribution < -0.4 is 5.11 Å². The Morgan fingerprint density at radius 1 is 1.09 bits per heavy atom. The van der Waals surface area contributed by atoms with E-state index in [1.165, 1.54) is 23.9 Å². The van der Waals surface area contributed by atoms with E-state index >= 15 is 0 Å². The lowest BCUT2D eigenvalue weighted by Crippen LogP contribution is -2.32. The molecule has 0 aliphatic carbocycles. The van der Waals surface area contributed by atoms with Crippen molar-refractivity contribution in [2.24, 2.45) is 10.9 Å². The number of benzene rings is 2. The van der Waals surface area contributed by atoms with Crippen molar-refractivity contribution in [2.75, 3.05) is 6.54 Å². The number of carboxylic acid groups (broad SMARTS) is 1. The summed E-state index contributed by atoms with van der Waals surface area (Å²) in [6, 6.07) is 19.4. The van der Waals surface area contributed by atoms with E-state index in [2.05, 4.69) is 18.8 Å². The van der Waals surface area contributed by atoms with Crippen LogP contribution in [0.1, 0.15) is 30.0 Å². The number of aliphatic imine (C=N–C) groups is 1. The molecule has 4 rings (SSSR count). The van der Waals surface area contributed by atoms with E-state index < -0.39 is 5.97 Å². The van der Waals surface area contributed by atoms with Crippen molar-refractivity contribution in [1.29, 1.82) is 0 Å². The van der Waals surface area contributed by atoms with Crippen LogP contribution in [0.25, 0.3) is 17.4 Å². The van der Waals surface area contributed by atoms with E-state index in [-0.39, 0.29) is 11.5 Å². The fourth-order valence-corrected chi connectivity index (χ4v) is 4.20. The van der Waals surface area contributed by atoms with Crippen LogP contribution in [0, 0.1) is 5.92 Å². The molecule has 32 heavy (non-hydrogen) atoms. The van der Waals surface area contributed by atoms with Gasteiger partial charge in [0.05, 0.1) is 16.6 Å². The van der Waals surface area contributed by atoms with Crippen molar-refractivity contribution in [2.45, 2.75) is 13.8 Å². The summed E-state index contributed by atoms with van der Waals surface area (Å²) in [7, 11) is 0. The van der Waals surface area contributed by atoms with Gasteiger partial charge in [-0.15, -0.1) is 0 Å². The van der Waals surface area contributed by atoms with E-state index in [0.29, 0.717) is 34.1 Å². The van der Waals surface area contributed by atoms with Gasteiger partial charge in [-0.1, -0.05) is 56.3 Å². The zero-order chi connectivity index (χ0) is 22.7. The number of hydrogen-bond acceptors (Lipinski definition) is 6. The fourth-order valence-electron chi connectivity index (χ4n) is 3.22. The molecule has 0 saturated carbocycles. The average molecular weight is 446 g/mol. The lowest BCUT2D eigenvalue weighted by Gasteiger charge is -2.17. The smallest absolute Gasteiger partial charge is 0.266 e. The maximum absolute atomic E-state index is 13.1. The highest BCUT2D eigenvalue weighted by atomic mass is 32.2. The van der Waals surface area contributed by atoms with Gasteiger partial charge < -0.3 is 14.3 Å². The van der Waals surface area contributed by atoms with Gasteiger partial charge in [-0.05, 0) is 47.5 Å². The van der Waals surface area contributed by atoms with Gasteiger partial charge in [0, 0.05) is 18.2 Å². The van der Waals surface area contributed by atoms with Crippen molar-refractivity contribution in [3.05, 3.63) is 83.0 Å². The lowest BCUT2D eigenvalue weighted by atomic mass is 10.1. The number of para-hydroxylation sites is 1. The van der Waals surface area contributed by atoms with Gasteiger partial charge in [-0.2, -0.15) is 0 Å². The summed E-state index contributed by atoms with van der Waals surface area (Å²) in [5.41, 5.74) is 1.63. The van der Waals surface area contributed by atoms with Crippen molar-refractivity contribution in [1.82, 2.24) is 4.90 Å². The molecule has 0 radical (unpaired) electrons. The predicted molar refractivity (Wildman–Crippen MR) is 124 cm³/mol. The summed E-state index contributed by atoms with van der Waals surface area (Å²) in [5.74, 6) is 0.0745. The predicted octanol–water partition coefficient (Wildman–Crippen LogP) is 4.57. The van der Waals surface area contributed by atoms with E-state index in [9.17, 15) is 14.7 Å². The Morgan fingerprint density at radius 3 is 2.47 bits per heavy atom. The number of thioether (sulfide) groups is 1. The Balaban J connectivity index is 1.60. The molecule has 1 fully saturated rings. The SMILES string of the molecule is CC(C)CN1C(=O)/C(=C/c2ccc(-c3ccc(C(=O)[O-])cc3)o2)SC1=Nc1ccccc1. The van der Waals surface area contributed by atoms with Gasteiger partial charge in [0.1, 0.15) is 11.5 Å². The summed E-state index contributed by atoms with van der Waals surface area (Å²) in [5, 5.41) is 11.6. The second-order valence-electron chi connectivity index (χ2n) is 7.72. The summed E-state index contributed by atoms with van der Waals surface area (Å²) in [6.45, 7) is 4.69. The minimum Gasteiger partial charge on any atom is -0.545 e. The van der Waals surface area contributed by atoms with Crippen LogP contribution in [0.3, 0.4) is 0 Å². The highest BCUT2D eigenvalue weighted by Crippen LogP contribution is 2.35. The first-order valence-electron chi connectivity index (χ1n) is 10.2. The molecule has 6 nitrogen and oxygen atoms in total. The molecular weight excluding hydrogens is 424 g/mol. The van der Waals surface area contributed by atoms with E-state index in [4.69, 9.17) is 4.42 Å². The number of nitrogens with zero attached hydrogens (tertiary/aromatic N) is 2. The third kappa shape index (κ3) is 4.84. The van der Waals surface area contributed by atoms with Crippen LogP contribution in [-0.2, 0) is 4.79 Å². The van der Waals surface area contributed by atoms with Gasteiger partial charge in [0.15, 0.2) is 5.17 Å². The standard InChI is InChI=1S/C25H22N2O4S/c1-16(2)15-27-23(28)22(32-25(27)26-19-6-4-3-5-7-19)14-20-12-13-21(31-20)17-8-10-18(11-9-17)24(29)30/h3-14,16H,15H2,1-2H3,(H,29,30)/p-1/b22-14-,26-25?. The maximum atomic E-state index is 13.1. The second kappa shape index (κ2) is 9.28. The maximum Gasteiger partial charge on any atom is 0.266 e. The molecule has 2 aromatic carbocycles. The van der Waals surface area contributed by atoms with Crippen LogP contribution >= 0.6 is 11.8 Å². The number of aromatic carboxylic acids is 1. The Bertz CT molecular complexity index is 1190. The zero-order valence-electron chi connectivity index (χ0n) is 17.6. The van der Waals surface area contributed by atoms with Crippen LogP contribution in [0.2, 0.25) is 0 Å². The molecule has 0 bridgehead atoms. The Morgan fingerprint density at radius 2 is 1.81 bits per heavy atom. The number of amidine groups is 1. The molecule has 3 aromatic rings. The molecule has 0 N–H and O–H groups in total. The normalized spacial score (nSPS) is 16.5. The van der Waals surface area contributed by atoms with Crippen molar-refractivity contribution >= 4 is 40.6 Å². The largest absolute Gasteiger partial charge is 0.545 e. The number of amides is 1. The van der Waals surface area contributed by atoms with Gasteiger partial charge in [0.25, 0.3) is 5.91 Å². The van der Waals surface area contributed by atoms with E-state index in [1.54, 1.807) is 35.2 Å². The van der Waals surface area contributed by atoms with Gasteiger partial charge >= 0.3 is 0 Å². The molecule has 1 aromatic heterocycles. The number of furan rings is 1. The molecule has 1 saturated heterocycles. The fraction of sp³-hybridized carbons (Fsp3) is 0.160. The quantitative estimate of drug-likeness (QED) is 0.519. The van der Waals surface area contributed by atoms with Gasteiger partial charge in [-0.3, -0.25) is 9.69 Å². The molecular formula is C25H21N2O4S-. The summed E-state index contributed by atoms with van der Waals surface area (Å²) in [6.07, 6.45) is 1.72. The minimum atomic E-state index is -1.22. The summed E-state index contributed by atoms with van der Waals surface area (Å²) >= 11 is 1.32. The average Bonchev–Trinajstić information content (AvgIpc) is 3.35. The van der Waals surface area contributed by atoms with Gasteiger partial charge in [0.2, 0.25) is 0 Å².